The molecular weight excluding hydrogens is 489 g/mol. The summed E-state index contributed by atoms with van der Waals surface area (Å²) in [6, 6.07) is 19.3. The van der Waals surface area contributed by atoms with E-state index in [2.05, 4.69) is 0 Å². The van der Waals surface area contributed by atoms with Crippen molar-refractivity contribution >= 4 is 44.1 Å². The van der Waals surface area contributed by atoms with Crippen LogP contribution >= 0.6 is 11.6 Å². The highest BCUT2D eigenvalue weighted by molar-refractivity contribution is 7.92. The minimum absolute atomic E-state index is 0.0690. The molecule has 5 nitrogen and oxygen atoms in total. The zero-order valence-electron chi connectivity index (χ0n) is 19.4. The second-order valence-electron chi connectivity index (χ2n) is 8.13. The predicted octanol–water partition coefficient (Wildman–Crippen LogP) is 6.15. The smallest absolute Gasteiger partial charge is 0.309 e. The molecule has 0 amide bonds. The van der Waals surface area contributed by atoms with E-state index in [9.17, 15) is 17.6 Å². The Labute approximate surface area is 208 Å². The first-order valence-corrected chi connectivity index (χ1v) is 12.6. The lowest BCUT2D eigenvalue weighted by molar-refractivity contribution is -0.139. The van der Waals surface area contributed by atoms with Gasteiger partial charge in [-0.2, -0.15) is 0 Å². The number of hydrogen-bond acceptors (Lipinski definition) is 4. The third-order valence-electron chi connectivity index (χ3n) is 6.01. The maximum atomic E-state index is 14.2. The SMILES string of the molecule is COC(=O)Cc1cc2ccc(F)cc2c(-c2ccc(S(=O)(=O)N(C)c3cccc(Cl)c3)cc2)c1C. The molecule has 0 aromatic heterocycles. The van der Waals surface area contributed by atoms with Crippen LogP contribution in [-0.4, -0.2) is 28.5 Å². The molecule has 0 saturated carbocycles. The number of nitrogens with zero attached hydrogens (tertiary/aromatic N) is 1. The van der Waals surface area contributed by atoms with Gasteiger partial charge in [0.25, 0.3) is 10.0 Å². The summed E-state index contributed by atoms with van der Waals surface area (Å²) < 4.78 is 46.6. The van der Waals surface area contributed by atoms with Gasteiger partial charge in [-0.3, -0.25) is 9.10 Å². The second kappa shape index (κ2) is 9.68. The van der Waals surface area contributed by atoms with Gasteiger partial charge in [0, 0.05) is 12.1 Å². The Hall–Kier alpha value is -3.42. The monoisotopic (exact) mass is 511 g/mol. The van der Waals surface area contributed by atoms with Gasteiger partial charge in [0.2, 0.25) is 0 Å². The quantitative estimate of drug-likeness (QED) is 0.291. The van der Waals surface area contributed by atoms with E-state index in [0.29, 0.717) is 21.7 Å². The first-order chi connectivity index (χ1) is 16.6. The van der Waals surface area contributed by atoms with Crippen LogP contribution in [0.4, 0.5) is 10.1 Å². The number of hydrogen-bond donors (Lipinski definition) is 0. The fraction of sp³-hybridized carbons (Fsp3) is 0.148. The molecule has 0 N–H and O–H groups in total. The summed E-state index contributed by atoms with van der Waals surface area (Å²) in [6.07, 6.45) is 0.0690. The Balaban J connectivity index is 1.80. The molecule has 0 aliphatic heterocycles. The topological polar surface area (TPSA) is 63.7 Å². The zero-order valence-corrected chi connectivity index (χ0v) is 21.0. The summed E-state index contributed by atoms with van der Waals surface area (Å²) in [5.41, 5.74) is 3.42. The Morgan fingerprint density at radius 2 is 1.74 bits per heavy atom. The molecule has 35 heavy (non-hydrogen) atoms. The van der Waals surface area contributed by atoms with Crippen molar-refractivity contribution in [3.63, 3.8) is 0 Å². The van der Waals surface area contributed by atoms with Crippen LogP contribution < -0.4 is 4.31 Å². The van der Waals surface area contributed by atoms with E-state index < -0.39 is 10.0 Å². The molecule has 0 bridgehead atoms. The number of halogens is 2. The van der Waals surface area contributed by atoms with Crippen molar-refractivity contribution in [3.05, 3.63) is 94.8 Å². The average Bonchev–Trinajstić information content (AvgIpc) is 2.84. The van der Waals surface area contributed by atoms with Crippen LogP contribution in [0.1, 0.15) is 11.1 Å². The standard InChI is InChI=1S/C27H23ClFNO4S/c1-17-20(14-26(31)34-3)13-19-7-10-22(29)16-25(19)27(17)18-8-11-24(12-9-18)35(32,33)30(2)23-6-4-5-21(28)15-23/h4-13,15-16H,14H2,1-3H3. The van der Waals surface area contributed by atoms with Crippen molar-refractivity contribution in [3.8, 4) is 11.1 Å². The lowest BCUT2D eigenvalue weighted by Gasteiger charge is -2.20. The van der Waals surface area contributed by atoms with Crippen molar-refractivity contribution in [2.75, 3.05) is 18.5 Å². The first-order valence-electron chi connectivity index (χ1n) is 10.8. The van der Waals surface area contributed by atoms with Crippen LogP contribution in [0.3, 0.4) is 0 Å². The lowest BCUT2D eigenvalue weighted by Crippen LogP contribution is -2.26. The van der Waals surface area contributed by atoms with Gasteiger partial charge in [0.1, 0.15) is 5.82 Å². The Morgan fingerprint density at radius 1 is 1.03 bits per heavy atom. The minimum atomic E-state index is -3.84. The fourth-order valence-corrected chi connectivity index (χ4v) is 5.45. The molecule has 0 spiro atoms. The third kappa shape index (κ3) is 4.88. The number of sulfonamides is 1. The van der Waals surface area contributed by atoms with E-state index in [1.54, 1.807) is 42.5 Å². The van der Waals surface area contributed by atoms with E-state index in [1.165, 1.54) is 42.7 Å². The summed E-state index contributed by atoms with van der Waals surface area (Å²) in [7, 11) is -1.05. The number of esters is 1. The van der Waals surface area contributed by atoms with Gasteiger partial charge >= 0.3 is 5.97 Å². The minimum Gasteiger partial charge on any atom is -0.469 e. The Kier molecular flexibility index (Phi) is 6.83. The molecule has 4 aromatic rings. The molecule has 0 heterocycles. The van der Waals surface area contributed by atoms with Gasteiger partial charge in [-0.05, 0) is 82.4 Å². The molecule has 4 aromatic carbocycles. The molecule has 0 aliphatic carbocycles. The molecule has 0 saturated heterocycles. The van der Waals surface area contributed by atoms with E-state index >= 15 is 0 Å². The number of anilines is 1. The van der Waals surface area contributed by atoms with Gasteiger partial charge in [-0.25, -0.2) is 12.8 Å². The fourth-order valence-electron chi connectivity index (χ4n) is 4.08. The normalized spacial score (nSPS) is 11.5. The number of carbonyl (C=O) groups is 1. The molecule has 8 heteroatoms. The van der Waals surface area contributed by atoms with Crippen molar-refractivity contribution in [1.82, 2.24) is 0 Å². The molecule has 4 rings (SSSR count). The van der Waals surface area contributed by atoms with E-state index in [-0.39, 0.29) is 23.1 Å². The highest BCUT2D eigenvalue weighted by Gasteiger charge is 2.22. The third-order valence-corrected chi connectivity index (χ3v) is 8.04. The molecule has 0 radical (unpaired) electrons. The number of methoxy groups -OCH3 is 1. The first kappa shape index (κ1) is 24.7. The van der Waals surface area contributed by atoms with Gasteiger partial charge < -0.3 is 4.74 Å². The average molecular weight is 512 g/mol. The van der Waals surface area contributed by atoms with Gasteiger partial charge in [-0.15, -0.1) is 0 Å². The van der Waals surface area contributed by atoms with Crippen LogP contribution in [-0.2, 0) is 26.0 Å². The molecule has 180 valence electrons. The van der Waals surface area contributed by atoms with E-state index in [0.717, 1.165) is 22.1 Å². The number of rotatable bonds is 6. The zero-order chi connectivity index (χ0) is 25.3. The lowest BCUT2D eigenvalue weighted by atomic mass is 9.89. The summed E-state index contributed by atoms with van der Waals surface area (Å²) in [6.45, 7) is 1.86. The van der Waals surface area contributed by atoms with Crippen LogP contribution in [0.25, 0.3) is 21.9 Å². The predicted molar refractivity (Wildman–Crippen MR) is 137 cm³/mol. The summed E-state index contributed by atoms with van der Waals surface area (Å²) in [5, 5.41) is 1.87. The summed E-state index contributed by atoms with van der Waals surface area (Å²) in [5.74, 6) is -0.771. The molecular formula is C27H23ClFNO4S. The van der Waals surface area contributed by atoms with Gasteiger partial charge in [0.15, 0.2) is 0 Å². The molecule has 0 aliphatic rings. The van der Waals surface area contributed by atoms with E-state index in [4.69, 9.17) is 16.3 Å². The van der Waals surface area contributed by atoms with Crippen LogP contribution in [0, 0.1) is 12.7 Å². The van der Waals surface area contributed by atoms with Crippen LogP contribution in [0.2, 0.25) is 5.02 Å². The van der Waals surface area contributed by atoms with Crippen LogP contribution in [0.15, 0.2) is 77.7 Å². The van der Waals surface area contributed by atoms with Crippen molar-refractivity contribution in [1.29, 1.82) is 0 Å². The summed E-state index contributed by atoms with van der Waals surface area (Å²) >= 11 is 6.02. The highest BCUT2D eigenvalue weighted by atomic mass is 35.5. The van der Waals surface area contributed by atoms with Crippen molar-refractivity contribution in [2.24, 2.45) is 0 Å². The van der Waals surface area contributed by atoms with E-state index in [1.807, 2.05) is 13.0 Å². The highest BCUT2D eigenvalue weighted by Crippen LogP contribution is 2.36. The Morgan fingerprint density at radius 3 is 2.40 bits per heavy atom. The molecule has 0 unspecified atom stereocenters. The molecule has 0 atom stereocenters. The van der Waals surface area contributed by atoms with Crippen molar-refractivity contribution in [2.45, 2.75) is 18.2 Å². The Bertz CT molecular complexity index is 1540. The maximum Gasteiger partial charge on any atom is 0.309 e. The van der Waals surface area contributed by atoms with Gasteiger partial charge in [-0.1, -0.05) is 41.9 Å². The number of benzene rings is 4. The number of ether oxygens (including phenoxy) is 1. The second-order valence-corrected chi connectivity index (χ2v) is 10.5. The maximum absolute atomic E-state index is 14.2. The van der Waals surface area contributed by atoms with Crippen LogP contribution in [0.5, 0.6) is 0 Å². The van der Waals surface area contributed by atoms with Gasteiger partial charge in [0.05, 0.1) is 24.1 Å². The number of carbonyl (C=O) groups excluding carboxylic acids is 1. The van der Waals surface area contributed by atoms with Crippen molar-refractivity contribution < 1.29 is 22.3 Å². The largest absolute Gasteiger partial charge is 0.469 e. The molecule has 0 fully saturated rings. The summed E-state index contributed by atoms with van der Waals surface area (Å²) in [4.78, 5) is 12.1. The number of fused-ring (bicyclic) bond motifs is 1.